The molecule has 1 aliphatic heterocycles. The molecule has 0 radical (unpaired) electrons. The van der Waals surface area contributed by atoms with Gasteiger partial charge in [-0.25, -0.2) is 4.79 Å². The first-order valence-corrected chi connectivity index (χ1v) is 9.80. The van der Waals surface area contributed by atoms with Gasteiger partial charge in [-0.05, 0) is 52.9 Å². The number of alkyl carbamates (subject to hydrolysis) is 1. The lowest BCUT2D eigenvalue weighted by molar-refractivity contribution is -0.127. The van der Waals surface area contributed by atoms with Crippen LogP contribution in [0.25, 0.3) is 0 Å². The van der Waals surface area contributed by atoms with Crippen molar-refractivity contribution in [1.29, 1.82) is 0 Å². The Hall–Kier alpha value is -2.05. The fraction of sp³-hybridized carbons (Fsp3) is 0.750. The lowest BCUT2D eigenvalue weighted by atomic mass is 9.96. The Balaban J connectivity index is 2.19. The fourth-order valence-electron chi connectivity index (χ4n) is 2.70. The summed E-state index contributed by atoms with van der Waals surface area (Å²) in [5.74, 6) is 0.379. The Kier molecular flexibility index (Phi) is 9.32. The summed E-state index contributed by atoms with van der Waals surface area (Å²) in [7, 11) is 0. The average Bonchev–Trinajstić information content (AvgIpc) is 2.58. The second kappa shape index (κ2) is 10.9. The van der Waals surface area contributed by atoms with E-state index in [0.29, 0.717) is 12.5 Å². The van der Waals surface area contributed by atoms with E-state index in [0.717, 1.165) is 37.9 Å². The molecule has 154 valence electrons. The van der Waals surface area contributed by atoms with E-state index in [4.69, 9.17) is 4.74 Å². The molecular formula is C20H35N3O4. The van der Waals surface area contributed by atoms with Crippen molar-refractivity contribution in [2.45, 2.75) is 65.9 Å². The topological polar surface area (TPSA) is 87.7 Å². The number of rotatable bonds is 7. The van der Waals surface area contributed by atoms with Crippen LogP contribution < -0.4 is 10.6 Å². The minimum atomic E-state index is -0.548. The third kappa shape index (κ3) is 10.0. The summed E-state index contributed by atoms with van der Waals surface area (Å²) >= 11 is 0. The van der Waals surface area contributed by atoms with Gasteiger partial charge in [-0.3, -0.25) is 9.59 Å². The van der Waals surface area contributed by atoms with Crippen LogP contribution in [0, 0.1) is 5.92 Å². The minimum absolute atomic E-state index is 0.0880. The van der Waals surface area contributed by atoms with Crippen LogP contribution in [0.4, 0.5) is 4.79 Å². The molecule has 0 spiro atoms. The summed E-state index contributed by atoms with van der Waals surface area (Å²) < 4.78 is 5.12. The van der Waals surface area contributed by atoms with Gasteiger partial charge in [0.1, 0.15) is 5.60 Å². The lowest BCUT2D eigenvalue weighted by Gasteiger charge is -2.31. The molecule has 0 aromatic heterocycles. The number of allylic oxidation sites excluding steroid dienone is 1. The van der Waals surface area contributed by atoms with Crippen LogP contribution in [0.5, 0.6) is 0 Å². The zero-order valence-electron chi connectivity index (χ0n) is 17.4. The fourth-order valence-corrected chi connectivity index (χ4v) is 2.70. The SMILES string of the molecule is CC/C(C)=C/C(=O)N1CCC(CNC(=O)CCNC(=O)OC(C)(C)C)CC1. The number of hydrogen-bond acceptors (Lipinski definition) is 4. The number of amides is 3. The largest absolute Gasteiger partial charge is 0.444 e. The van der Waals surface area contributed by atoms with Crippen LogP contribution in [0.2, 0.25) is 0 Å². The summed E-state index contributed by atoms with van der Waals surface area (Å²) in [6.07, 6.45) is 4.09. The molecule has 7 heteroatoms. The highest BCUT2D eigenvalue weighted by Gasteiger charge is 2.22. The third-order valence-electron chi connectivity index (χ3n) is 4.46. The molecule has 0 saturated carbocycles. The predicted octanol–water partition coefficient (Wildman–Crippen LogP) is 2.61. The van der Waals surface area contributed by atoms with Gasteiger partial charge in [-0.2, -0.15) is 0 Å². The van der Waals surface area contributed by atoms with Crippen molar-refractivity contribution >= 4 is 17.9 Å². The van der Waals surface area contributed by atoms with Crippen LogP contribution >= 0.6 is 0 Å². The number of carbonyl (C=O) groups excluding carboxylic acids is 3. The molecule has 0 unspecified atom stereocenters. The number of piperidine rings is 1. The van der Waals surface area contributed by atoms with Crippen molar-refractivity contribution in [3.05, 3.63) is 11.6 Å². The van der Waals surface area contributed by atoms with Gasteiger partial charge in [-0.1, -0.05) is 12.5 Å². The highest BCUT2D eigenvalue weighted by Crippen LogP contribution is 2.17. The number of nitrogens with one attached hydrogen (secondary N) is 2. The first-order chi connectivity index (χ1) is 12.6. The van der Waals surface area contributed by atoms with Crippen molar-refractivity contribution in [3.63, 3.8) is 0 Å². The standard InChI is InChI=1S/C20H35N3O4/c1-6-15(2)13-18(25)23-11-8-16(9-12-23)14-22-17(24)7-10-21-19(26)27-20(3,4)5/h13,16H,6-12,14H2,1-5H3,(H,21,26)(H,22,24)/b15-13+. The van der Waals surface area contributed by atoms with Crippen molar-refractivity contribution < 1.29 is 19.1 Å². The highest BCUT2D eigenvalue weighted by molar-refractivity contribution is 5.88. The summed E-state index contributed by atoms with van der Waals surface area (Å²) in [5, 5.41) is 5.49. The van der Waals surface area contributed by atoms with Crippen LogP contribution in [-0.4, -0.2) is 54.6 Å². The monoisotopic (exact) mass is 381 g/mol. The Bertz CT molecular complexity index is 544. The summed E-state index contributed by atoms with van der Waals surface area (Å²) in [6, 6.07) is 0. The molecule has 1 rings (SSSR count). The number of carbonyl (C=O) groups is 3. The lowest BCUT2D eigenvalue weighted by Crippen LogP contribution is -2.41. The van der Waals surface area contributed by atoms with Crippen molar-refractivity contribution in [1.82, 2.24) is 15.5 Å². The van der Waals surface area contributed by atoms with E-state index in [1.807, 2.05) is 18.7 Å². The number of ether oxygens (including phenoxy) is 1. The van der Waals surface area contributed by atoms with E-state index < -0.39 is 11.7 Å². The van der Waals surface area contributed by atoms with E-state index in [1.54, 1.807) is 26.8 Å². The van der Waals surface area contributed by atoms with Gasteiger partial charge >= 0.3 is 6.09 Å². The molecule has 0 aliphatic carbocycles. The second-order valence-corrected chi connectivity index (χ2v) is 8.10. The molecule has 1 aliphatic rings. The van der Waals surface area contributed by atoms with Crippen LogP contribution in [-0.2, 0) is 14.3 Å². The first kappa shape index (κ1) is 23.0. The number of hydrogen-bond donors (Lipinski definition) is 2. The van der Waals surface area contributed by atoms with Gasteiger partial charge in [-0.15, -0.1) is 0 Å². The van der Waals surface area contributed by atoms with E-state index >= 15 is 0 Å². The highest BCUT2D eigenvalue weighted by atomic mass is 16.6. The molecular weight excluding hydrogens is 346 g/mol. The predicted molar refractivity (Wildman–Crippen MR) is 105 cm³/mol. The average molecular weight is 382 g/mol. The van der Waals surface area contributed by atoms with E-state index in [1.165, 1.54) is 0 Å². The Morgan fingerprint density at radius 2 is 1.78 bits per heavy atom. The van der Waals surface area contributed by atoms with Gasteiger partial charge in [0.2, 0.25) is 11.8 Å². The molecule has 7 nitrogen and oxygen atoms in total. The van der Waals surface area contributed by atoms with Crippen molar-refractivity contribution in [2.24, 2.45) is 5.92 Å². The molecule has 0 aromatic carbocycles. The molecule has 1 heterocycles. The Morgan fingerprint density at radius 1 is 1.15 bits per heavy atom. The first-order valence-electron chi connectivity index (χ1n) is 9.80. The molecule has 27 heavy (non-hydrogen) atoms. The molecule has 2 N–H and O–H groups in total. The molecule has 1 fully saturated rings. The minimum Gasteiger partial charge on any atom is -0.444 e. The number of nitrogens with zero attached hydrogens (tertiary/aromatic N) is 1. The van der Waals surface area contributed by atoms with Gasteiger partial charge in [0.25, 0.3) is 0 Å². The van der Waals surface area contributed by atoms with Gasteiger partial charge in [0, 0.05) is 38.7 Å². The maximum atomic E-state index is 12.1. The van der Waals surface area contributed by atoms with E-state index in [-0.39, 0.29) is 24.8 Å². The van der Waals surface area contributed by atoms with Gasteiger partial charge < -0.3 is 20.3 Å². The Morgan fingerprint density at radius 3 is 2.33 bits per heavy atom. The van der Waals surface area contributed by atoms with Crippen LogP contribution in [0.1, 0.15) is 60.3 Å². The van der Waals surface area contributed by atoms with Gasteiger partial charge in [0.15, 0.2) is 0 Å². The van der Waals surface area contributed by atoms with E-state index in [9.17, 15) is 14.4 Å². The van der Waals surface area contributed by atoms with Crippen LogP contribution in [0.3, 0.4) is 0 Å². The van der Waals surface area contributed by atoms with Crippen molar-refractivity contribution in [2.75, 3.05) is 26.2 Å². The Labute approximate surface area is 162 Å². The van der Waals surface area contributed by atoms with Crippen LogP contribution in [0.15, 0.2) is 11.6 Å². The normalized spacial score (nSPS) is 16.0. The number of likely N-dealkylation sites (tertiary alicyclic amines) is 1. The van der Waals surface area contributed by atoms with E-state index in [2.05, 4.69) is 10.6 Å². The van der Waals surface area contributed by atoms with Gasteiger partial charge in [0.05, 0.1) is 0 Å². The third-order valence-corrected chi connectivity index (χ3v) is 4.46. The molecule has 1 saturated heterocycles. The summed E-state index contributed by atoms with van der Waals surface area (Å²) in [6.45, 7) is 11.7. The zero-order chi connectivity index (χ0) is 20.4. The second-order valence-electron chi connectivity index (χ2n) is 8.10. The molecule has 3 amide bonds. The zero-order valence-corrected chi connectivity index (χ0v) is 17.4. The summed E-state index contributed by atoms with van der Waals surface area (Å²) in [5.41, 5.74) is 0.544. The summed E-state index contributed by atoms with van der Waals surface area (Å²) in [4.78, 5) is 37.4. The maximum absolute atomic E-state index is 12.1. The van der Waals surface area contributed by atoms with Crippen molar-refractivity contribution in [3.8, 4) is 0 Å². The smallest absolute Gasteiger partial charge is 0.407 e. The maximum Gasteiger partial charge on any atom is 0.407 e. The molecule has 0 atom stereocenters. The molecule has 0 bridgehead atoms. The molecule has 0 aromatic rings. The quantitative estimate of drug-likeness (QED) is 0.664.